The van der Waals surface area contributed by atoms with Crippen LogP contribution in [0.2, 0.25) is 5.02 Å². The summed E-state index contributed by atoms with van der Waals surface area (Å²) in [5.41, 5.74) is 0.132. The second-order valence-electron chi connectivity index (χ2n) is 6.83. The summed E-state index contributed by atoms with van der Waals surface area (Å²) in [6.07, 6.45) is 1.39. The topological polar surface area (TPSA) is 99.0 Å². The lowest BCUT2D eigenvalue weighted by molar-refractivity contribution is -0.384. The van der Waals surface area contributed by atoms with E-state index in [0.717, 1.165) is 19.5 Å². The van der Waals surface area contributed by atoms with Crippen molar-refractivity contribution in [1.82, 2.24) is 14.7 Å². The number of halogens is 1. The molecule has 0 bridgehead atoms. The van der Waals surface area contributed by atoms with Crippen molar-refractivity contribution in [3.05, 3.63) is 33.3 Å². The molecule has 10 heteroatoms. The number of hydrogen-bond donors (Lipinski definition) is 1. The molecule has 3 amide bonds. The van der Waals surface area contributed by atoms with Gasteiger partial charge in [0.15, 0.2) is 0 Å². The molecule has 0 aromatic heterocycles. The summed E-state index contributed by atoms with van der Waals surface area (Å²) in [4.78, 5) is 41.3. The SMILES string of the molecule is CN1CCN(C(=O)[C@@H]2CCCN2C(=O)Nc2ccc([N+](=O)[O-])cc2Cl)CC1. The monoisotopic (exact) mass is 395 g/mol. The number of carbonyl (C=O) groups is 2. The summed E-state index contributed by atoms with van der Waals surface area (Å²) in [6.45, 7) is 3.46. The molecule has 2 fully saturated rings. The number of likely N-dealkylation sites (tertiary alicyclic amines) is 1. The number of nitrogens with one attached hydrogen (secondary N) is 1. The number of rotatable bonds is 3. The summed E-state index contributed by atoms with van der Waals surface area (Å²) in [6, 6.07) is 2.96. The summed E-state index contributed by atoms with van der Waals surface area (Å²) in [7, 11) is 2.02. The number of benzene rings is 1. The molecule has 1 atom stereocenters. The largest absolute Gasteiger partial charge is 0.338 e. The molecule has 0 radical (unpaired) electrons. The number of nitrogens with zero attached hydrogens (tertiary/aromatic N) is 4. The van der Waals surface area contributed by atoms with E-state index in [4.69, 9.17) is 11.6 Å². The van der Waals surface area contributed by atoms with E-state index in [-0.39, 0.29) is 22.3 Å². The molecule has 27 heavy (non-hydrogen) atoms. The summed E-state index contributed by atoms with van der Waals surface area (Å²) >= 11 is 6.04. The number of urea groups is 1. The number of likely N-dealkylation sites (N-methyl/N-ethyl adjacent to an activating group) is 1. The minimum atomic E-state index is -0.553. The first-order valence-electron chi connectivity index (χ1n) is 8.85. The van der Waals surface area contributed by atoms with Gasteiger partial charge in [0.05, 0.1) is 15.6 Å². The third-order valence-corrected chi connectivity index (χ3v) is 5.33. The average molecular weight is 396 g/mol. The number of nitro benzene ring substituents is 1. The Morgan fingerprint density at radius 3 is 2.56 bits per heavy atom. The minimum Gasteiger partial charge on any atom is -0.338 e. The second kappa shape index (κ2) is 8.10. The summed E-state index contributed by atoms with van der Waals surface area (Å²) < 4.78 is 0. The minimum absolute atomic E-state index is 0.0226. The first-order valence-corrected chi connectivity index (χ1v) is 9.23. The van der Waals surface area contributed by atoms with E-state index >= 15 is 0 Å². The lowest BCUT2D eigenvalue weighted by Crippen LogP contribution is -2.54. The van der Waals surface area contributed by atoms with Crippen LogP contribution >= 0.6 is 11.6 Å². The third-order valence-electron chi connectivity index (χ3n) is 5.02. The highest BCUT2D eigenvalue weighted by atomic mass is 35.5. The van der Waals surface area contributed by atoms with Crippen molar-refractivity contribution in [2.75, 3.05) is 45.1 Å². The molecule has 3 rings (SSSR count). The van der Waals surface area contributed by atoms with Crippen LogP contribution in [0.3, 0.4) is 0 Å². The van der Waals surface area contributed by atoms with Crippen LogP contribution in [0.5, 0.6) is 0 Å². The maximum atomic E-state index is 12.8. The van der Waals surface area contributed by atoms with Gasteiger partial charge >= 0.3 is 6.03 Å². The highest BCUT2D eigenvalue weighted by Crippen LogP contribution is 2.28. The number of hydrogen-bond acceptors (Lipinski definition) is 5. The fourth-order valence-electron chi connectivity index (χ4n) is 3.41. The van der Waals surface area contributed by atoms with Crippen LogP contribution in [0, 0.1) is 10.1 Å². The Bertz CT molecular complexity index is 751. The van der Waals surface area contributed by atoms with Crippen LogP contribution < -0.4 is 5.32 Å². The van der Waals surface area contributed by atoms with Gasteiger partial charge in [-0.05, 0) is 26.0 Å². The molecule has 0 saturated carbocycles. The van der Waals surface area contributed by atoms with Crippen LogP contribution in [0.15, 0.2) is 18.2 Å². The Morgan fingerprint density at radius 1 is 1.22 bits per heavy atom. The Labute approximate surface area is 162 Å². The van der Waals surface area contributed by atoms with Crippen LogP contribution in [0.1, 0.15) is 12.8 Å². The Balaban J connectivity index is 1.67. The van der Waals surface area contributed by atoms with Crippen molar-refractivity contribution in [2.45, 2.75) is 18.9 Å². The van der Waals surface area contributed by atoms with E-state index in [1.165, 1.54) is 23.1 Å². The van der Waals surface area contributed by atoms with Gasteiger partial charge in [-0.2, -0.15) is 0 Å². The molecule has 2 aliphatic heterocycles. The molecule has 1 aromatic carbocycles. The Hall–Kier alpha value is -2.39. The lowest BCUT2D eigenvalue weighted by atomic mass is 10.1. The van der Waals surface area contributed by atoms with E-state index in [1.54, 1.807) is 0 Å². The zero-order chi connectivity index (χ0) is 19.6. The molecular formula is C17H22ClN5O4. The quantitative estimate of drug-likeness (QED) is 0.623. The third kappa shape index (κ3) is 4.30. The highest BCUT2D eigenvalue weighted by molar-refractivity contribution is 6.33. The number of carbonyl (C=O) groups excluding carboxylic acids is 2. The van der Waals surface area contributed by atoms with Crippen LogP contribution in [-0.4, -0.2) is 77.4 Å². The van der Waals surface area contributed by atoms with Gasteiger partial charge in [-0.15, -0.1) is 0 Å². The zero-order valence-corrected chi connectivity index (χ0v) is 15.8. The van der Waals surface area contributed by atoms with Crippen molar-refractivity contribution in [3.8, 4) is 0 Å². The first-order chi connectivity index (χ1) is 12.9. The summed E-state index contributed by atoms with van der Waals surface area (Å²) in [5, 5.41) is 13.5. The van der Waals surface area contributed by atoms with Crippen LogP contribution in [-0.2, 0) is 4.79 Å². The number of piperazine rings is 1. The predicted molar refractivity (Wildman–Crippen MR) is 101 cm³/mol. The number of non-ortho nitro benzene ring substituents is 1. The fraction of sp³-hybridized carbons (Fsp3) is 0.529. The van der Waals surface area contributed by atoms with Gasteiger partial charge in [0.2, 0.25) is 5.91 Å². The maximum Gasteiger partial charge on any atom is 0.322 e. The van der Waals surface area contributed by atoms with E-state index in [1.807, 2.05) is 11.9 Å². The van der Waals surface area contributed by atoms with E-state index in [2.05, 4.69) is 10.2 Å². The molecule has 0 aliphatic carbocycles. The number of amides is 3. The van der Waals surface area contributed by atoms with Crippen molar-refractivity contribution in [1.29, 1.82) is 0 Å². The van der Waals surface area contributed by atoms with Gasteiger partial charge in [0.25, 0.3) is 5.69 Å². The van der Waals surface area contributed by atoms with Crippen molar-refractivity contribution in [2.24, 2.45) is 0 Å². The van der Waals surface area contributed by atoms with Crippen LogP contribution in [0.4, 0.5) is 16.2 Å². The van der Waals surface area contributed by atoms with E-state index in [0.29, 0.717) is 26.1 Å². The molecule has 9 nitrogen and oxygen atoms in total. The fourth-order valence-corrected chi connectivity index (χ4v) is 3.63. The highest BCUT2D eigenvalue weighted by Gasteiger charge is 2.37. The van der Waals surface area contributed by atoms with Crippen LogP contribution in [0.25, 0.3) is 0 Å². The predicted octanol–water partition coefficient (Wildman–Crippen LogP) is 2.02. The van der Waals surface area contributed by atoms with Gasteiger partial charge < -0.3 is 20.0 Å². The maximum absolute atomic E-state index is 12.8. The lowest BCUT2D eigenvalue weighted by Gasteiger charge is -2.35. The smallest absolute Gasteiger partial charge is 0.322 e. The van der Waals surface area contributed by atoms with Gasteiger partial charge in [-0.1, -0.05) is 11.6 Å². The van der Waals surface area contributed by atoms with Gasteiger partial charge in [0.1, 0.15) is 6.04 Å². The van der Waals surface area contributed by atoms with Crippen molar-refractivity contribution >= 4 is 34.9 Å². The zero-order valence-electron chi connectivity index (χ0n) is 15.1. The number of anilines is 1. The molecule has 0 unspecified atom stereocenters. The molecule has 146 valence electrons. The normalized spacial score (nSPS) is 20.6. The Kier molecular flexibility index (Phi) is 5.81. The summed E-state index contributed by atoms with van der Waals surface area (Å²) in [5.74, 6) is -0.0226. The van der Waals surface area contributed by atoms with Crippen molar-refractivity contribution in [3.63, 3.8) is 0 Å². The molecule has 2 saturated heterocycles. The molecule has 2 heterocycles. The van der Waals surface area contributed by atoms with E-state index < -0.39 is 17.0 Å². The molecule has 1 N–H and O–H groups in total. The Morgan fingerprint density at radius 2 is 1.93 bits per heavy atom. The average Bonchev–Trinajstić information content (AvgIpc) is 3.13. The van der Waals surface area contributed by atoms with Gasteiger partial charge in [-0.25, -0.2) is 4.79 Å². The molecule has 0 spiro atoms. The van der Waals surface area contributed by atoms with Gasteiger partial charge in [0, 0.05) is 44.9 Å². The van der Waals surface area contributed by atoms with Gasteiger partial charge in [-0.3, -0.25) is 14.9 Å². The second-order valence-corrected chi connectivity index (χ2v) is 7.24. The van der Waals surface area contributed by atoms with E-state index in [9.17, 15) is 19.7 Å². The molecule has 2 aliphatic rings. The molecule has 1 aromatic rings. The number of nitro groups is 1. The standard InChI is InChI=1S/C17H22ClN5O4/c1-20-7-9-21(10-8-20)16(24)15-3-2-6-22(15)17(25)19-14-5-4-12(23(26)27)11-13(14)18/h4-5,11,15H,2-3,6-10H2,1H3,(H,19,25)/t15-/m0/s1. The first kappa shape index (κ1) is 19.4. The molecular weight excluding hydrogens is 374 g/mol. The van der Waals surface area contributed by atoms with Crippen molar-refractivity contribution < 1.29 is 14.5 Å².